The average molecular weight is 207 g/mol. The Balaban J connectivity index is 2.67. The lowest BCUT2D eigenvalue weighted by Gasteiger charge is -2.31. The lowest BCUT2D eigenvalue weighted by Crippen LogP contribution is -2.42. The number of hydrogen-bond donors (Lipinski definition) is 1. The zero-order chi connectivity index (χ0) is 11.3. The SMILES string of the molecule is CC(C)N(Cc1cccnc1)C(C)CN. The lowest BCUT2D eigenvalue weighted by molar-refractivity contribution is 0.158. The highest BCUT2D eigenvalue weighted by molar-refractivity contribution is 5.08. The Hall–Kier alpha value is -0.930. The molecule has 0 amide bonds. The average Bonchev–Trinajstić information content (AvgIpc) is 2.26. The second-order valence-electron chi connectivity index (χ2n) is 4.21. The van der Waals surface area contributed by atoms with Crippen LogP contribution >= 0.6 is 0 Å². The van der Waals surface area contributed by atoms with Gasteiger partial charge in [-0.2, -0.15) is 0 Å². The first-order chi connectivity index (χ1) is 7.15. The molecule has 1 rings (SSSR count). The molecule has 15 heavy (non-hydrogen) atoms. The third kappa shape index (κ3) is 3.61. The first kappa shape index (κ1) is 12.1. The van der Waals surface area contributed by atoms with Gasteiger partial charge in [-0.15, -0.1) is 0 Å². The Kier molecular flexibility index (Phi) is 4.72. The molecule has 0 bridgehead atoms. The molecule has 0 saturated carbocycles. The molecule has 84 valence electrons. The van der Waals surface area contributed by atoms with E-state index in [-0.39, 0.29) is 0 Å². The third-order valence-corrected chi connectivity index (χ3v) is 2.66. The van der Waals surface area contributed by atoms with Gasteiger partial charge in [-0.1, -0.05) is 6.07 Å². The van der Waals surface area contributed by atoms with Crippen LogP contribution in [0, 0.1) is 0 Å². The number of pyridine rings is 1. The van der Waals surface area contributed by atoms with Crippen LogP contribution < -0.4 is 5.73 Å². The van der Waals surface area contributed by atoms with Gasteiger partial charge in [-0.05, 0) is 32.4 Å². The van der Waals surface area contributed by atoms with Crippen LogP contribution in [0.3, 0.4) is 0 Å². The van der Waals surface area contributed by atoms with E-state index in [1.54, 1.807) is 6.20 Å². The molecule has 1 aromatic heterocycles. The zero-order valence-corrected chi connectivity index (χ0v) is 9.85. The standard InChI is InChI=1S/C12H21N3/c1-10(2)15(11(3)7-13)9-12-5-4-6-14-8-12/h4-6,8,10-11H,7,9,13H2,1-3H3. The maximum absolute atomic E-state index is 5.71. The van der Waals surface area contributed by atoms with Crippen molar-refractivity contribution in [3.63, 3.8) is 0 Å². The molecule has 0 aliphatic rings. The minimum absolute atomic E-state index is 0.408. The fourth-order valence-corrected chi connectivity index (χ4v) is 1.69. The van der Waals surface area contributed by atoms with E-state index in [0.717, 1.165) is 6.54 Å². The van der Waals surface area contributed by atoms with Crippen molar-refractivity contribution in [2.24, 2.45) is 5.73 Å². The highest BCUT2D eigenvalue weighted by atomic mass is 15.2. The largest absolute Gasteiger partial charge is 0.329 e. The summed E-state index contributed by atoms with van der Waals surface area (Å²) in [5, 5.41) is 0. The number of nitrogens with two attached hydrogens (primary N) is 1. The van der Waals surface area contributed by atoms with E-state index in [4.69, 9.17) is 5.73 Å². The van der Waals surface area contributed by atoms with Gasteiger partial charge in [0.2, 0.25) is 0 Å². The minimum Gasteiger partial charge on any atom is -0.329 e. The highest BCUT2D eigenvalue weighted by Gasteiger charge is 2.15. The Bertz CT molecular complexity index is 271. The molecule has 3 heteroatoms. The minimum atomic E-state index is 0.408. The third-order valence-electron chi connectivity index (χ3n) is 2.66. The van der Waals surface area contributed by atoms with Crippen molar-refractivity contribution < 1.29 is 0 Å². The molecule has 0 aliphatic heterocycles. The summed E-state index contributed by atoms with van der Waals surface area (Å²) in [5.41, 5.74) is 6.95. The lowest BCUT2D eigenvalue weighted by atomic mass is 10.1. The van der Waals surface area contributed by atoms with E-state index in [9.17, 15) is 0 Å². The molecule has 0 spiro atoms. The van der Waals surface area contributed by atoms with Crippen molar-refractivity contribution in [3.05, 3.63) is 30.1 Å². The highest BCUT2D eigenvalue weighted by Crippen LogP contribution is 2.10. The van der Waals surface area contributed by atoms with E-state index in [1.807, 2.05) is 12.3 Å². The van der Waals surface area contributed by atoms with Crippen molar-refractivity contribution in [2.75, 3.05) is 6.54 Å². The summed E-state index contributed by atoms with van der Waals surface area (Å²) < 4.78 is 0. The number of nitrogens with zero attached hydrogens (tertiary/aromatic N) is 2. The quantitative estimate of drug-likeness (QED) is 0.798. The summed E-state index contributed by atoms with van der Waals surface area (Å²) in [6, 6.07) is 4.99. The van der Waals surface area contributed by atoms with E-state index in [1.165, 1.54) is 5.56 Å². The molecule has 1 unspecified atom stereocenters. The molecule has 0 fully saturated rings. The van der Waals surface area contributed by atoms with Crippen LogP contribution in [-0.2, 0) is 6.54 Å². The fraction of sp³-hybridized carbons (Fsp3) is 0.583. The summed E-state index contributed by atoms with van der Waals surface area (Å²) in [5.74, 6) is 0. The van der Waals surface area contributed by atoms with Crippen LogP contribution in [0.25, 0.3) is 0 Å². The van der Waals surface area contributed by atoms with Gasteiger partial charge in [0.15, 0.2) is 0 Å². The van der Waals surface area contributed by atoms with Gasteiger partial charge in [0.1, 0.15) is 0 Å². The summed E-state index contributed by atoms with van der Waals surface area (Å²) in [6.07, 6.45) is 3.72. The van der Waals surface area contributed by atoms with Crippen LogP contribution in [-0.4, -0.2) is 28.5 Å². The van der Waals surface area contributed by atoms with E-state index in [0.29, 0.717) is 18.6 Å². The number of hydrogen-bond acceptors (Lipinski definition) is 3. The molecule has 0 aliphatic carbocycles. The van der Waals surface area contributed by atoms with Crippen LogP contribution in [0.5, 0.6) is 0 Å². The van der Waals surface area contributed by atoms with Gasteiger partial charge in [-0.25, -0.2) is 0 Å². The molecule has 3 nitrogen and oxygen atoms in total. The monoisotopic (exact) mass is 207 g/mol. The van der Waals surface area contributed by atoms with Crippen molar-refractivity contribution in [1.29, 1.82) is 0 Å². The Morgan fingerprint density at radius 3 is 2.60 bits per heavy atom. The molecular weight excluding hydrogens is 186 g/mol. The van der Waals surface area contributed by atoms with Crippen molar-refractivity contribution in [1.82, 2.24) is 9.88 Å². The molecule has 1 aromatic rings. The topological polar surface area (TPSA) is 42.2 Å². The van der Waals surface area contributed by atoms with E-state index >= 15 is 0 Å². The van der Waals surface area contributed by atoms with Gasteiger partial charge in [0, 0.05) is 37.6 Å². The fourth-order valence-electron chi connectivity index (χ4n) is 1.69. The second kappa shape index (κ2) is 5.83. The van der Waals surface area contributed by atoms with Crippen LogP contribution in [0.1, 0.15) is 26.3 Å². The molecule has 1 atom stereocenters. The Morgan fingerprint density at radius 1 is 1.40 bits per heavy atom. The van der Waals surface area contributed by atoms with Gasteiger partial charge >= 0.3 is 0 Å². The first-order valence-electron chi connectivity index (χ1n) is 5.50. The summed E-state index contributed by atoms with van der Waals surface area (Å²) in [4.78, 5) is 6.51. The molecule has 0 aromatic carbocycles. The van der Waals surface area contributed by atoms with Gasteiger partial charge in [0.25, 0.3) is 0 Å². The Labute approximate surface area is 92.3 Å². The second-order valence-corrected chi connectivity index (χ2v) is 4.21. The van der Waals surface area contributed by atoms with E-state index in [2.05, 4.69) is 36.7 Å². The predicted octanol–water partition coefficient (Wildman–Crippen LogP) is 1.64. The molecule has 1 heterocycles. The Morgan fingerprint density at radius 2 is 2.13 bits per heavy atom. The first-order valence-corrected chi connectivity index (χ1v) is 5.50. The summed E-state index contributed by atoms with van der Waals surface area (Å²) >= 11 is 0. The number of rotatable bonds is 5. The smallest absolute Gasteiger partial charge is 0.0312 e. The normalized spacial score (nSPS) is 13.5. The predicted molar refractivity (Wildman–Crippen MR) is 63.4 cm³/mol. The van der Waals surface area contributed by atoms with Gasteiger partial charge in [-0.3, -0.25) is 9.88 Å². The molecular formula is C12H21N3. The summed E-state index contributed by atoms with van der Waals surface area (Å²) in [6.45, 7) is 8.17. The van der Waals surface area contributed by atoms with Crippen LogP contribution in [0.4, 0.5) is 0 Å². The number of aromatic nitrogens is 1. The van der Waals surface area contributed by atoms with Crippen LogP contribution in [0.15, 0.2) is 24.5 Å². The van der Waals surface area contributed by atoms with Gasteiger partial charge < -0.3 is 5.73 Å². The van der Waals surface area contributed by atoms with Crippen LogP contribution in [0.2, 0.25) is 0 Å². The van der Waals surface area contributed by atoms with Gasteiger partial charge in [0.05, 0.1) is 0 Å². The van der Waals surface area contributed by atoms with Crippen molar-refractivity contribution in [3.8, 4) is 0 Å². The molecule has 0 radical (unpaired) electrons. The molecule has 0 saturated heterocycles. The van der Waals surface area contributed by atoms with E-state index < -0.39 is 0 Å². The van der Waals surface area contributed by atoms with Crippen molar-refractivity contribution >= 4 is 0 Å². The molecule has 2 N–H and O–H groups in total. The maximum Gasteiger partial charge on any atom is 0.0312 e. The maximum atomic E-state index is 5.71. The summed E-state index contributed by atoms with van der Waals surface area (Å²) in [7, 11) is 0. The zero-order valence-electron chi connectivity index (χ0n) is 9.85. The van der Waals surface area contributed by atoms with Crippen molar-refractivity contribution in [2.45, 2.75) is 39.4 Å².